The number of anilines is 1. The van der Waals surface area contributed by atoms with E-state index in [4.69, 9.17) is 0 Å². The molecule has 4 nitrogen and oxygen atoms in total. The molecule has 0 aliphatic rings. The number of para-hydroxylation sites is 1. The predicted molar refractivity (Wildman–Crippen MR) is 121 cm³/mol. The van der Waals surface area contributed by atoms with Crippen LogP contribution in [-0.4, -0.2) is 16.7 Å². The zero-order valence-corrected chi connectivity index (χ0v) is 17.8. The van der Waals surface area contributed by atoms with Gasteiger partial charge in [-0.1, -0.05) is 99.6 Å². The van der Waals surface area contributed by atoms with Crippen LogP contribution in [0.3, 0.4) is 0 Å². The number of amides is 2. The topological polar surface area (TPSA) is 49.4 Å². The van der Waals surface area contributed by atoms with Gasteiger partial charge in [0.05, 0.1) is 0 Å². The van der Waals surface area contributed by atoms with Crippen molar-refractivity contribution in [3.05, 3.63) is 102 Å². The van der Waals surface area contributed by atoms with Gasteiger partial charge in [-0.2, -0.15) is 0 Å². The lowest BCUT2D eigenvalue weighted by atomic mass is 9.86. The molecule has 0 heterocycles. The van der Waals surface area contributed by atoms with Crippen LogP contribution in [0.15, 0.2) is 84.9 Å². The summed E-state index contributed by atoms with van der Waals surface area (Å²) in [6, 6.07) is 27.0. The summed E-state index contributed by atoms with van der Waals surface area (Å²) in [5.41, 5.74) is 3.46. The molecular formula is C26H28N2O2. The summed E-state index contributed by atoms with van der Waals surface area (Å²) in [7, 11) is 0. The van der Waals surface area contributed by atoms with Crippen molar-refractivity contribution in [1.29, 1.82) is 0 Å². The van der Waals surface area contributed by atoms with E-state index in [-0.39, 0.29) is 5.41 Å². The molecule has 0 radical (unpaired) electrons. The van der Waals surface area contributed by atoms with E-state index in [0.29, 0.717) is 18.8 Å². The first-order valence-electron chi connectivity index (χ1n) is 10.1. The van der Waals surface area contributed by atoms with E-state index in [1.54, 1.807) is 4.90 Å². The Morgan fingerprint density at radius 1 is 0.733 bits per heavy atom. The highest BCUT2D eigenvalue weighted by molar-refractivity contribution is 6.39. The van der Waals surface area contributed by atoms with Gasteiger partial charge in [-0.05, 0) is 28.2 Å². The maximum absolute atomic E-state index is 13.1. The molecule has 0 saturated heterocycles. The van der Waals surface area contributed by atoms with E-state index in [2.05, 4.69) is 26.1 Å². The van der Waals surface area contributed by atoms with Crippen LogP contribution >= 0.6 is 0 Å². The lowest BCUT2D eigenvalue weighted by Gasteiger charge is -2.25. The standard InChI is InChI=1S/C26H28N2O2/c1-26(2,3)22-16-10-11-17-23(22)27-24(29)25(30)28(18-20-12-6-4-7-13-20)19-21-14-8-5-9-15-21/h4-17H,18-19H2,1-3H3,(H,27,29). The molecule has 0 aliphatic heterocycles. The molecule has 2 amide bonds. The zero-order chi connectivity index (χ0) is 21.6. The van der Waals surface area contributed by atoms with Crippen molar-refractivity contribution in [3.63, 3.8) is 0 Å². The van der Waals surface area contributed by atoms with Crippen molar-refractivity contribution < 1.29 is 9.59 Å². The van der Waals surface area contributed by atoms with Gasteiger partial charge in [0.25, 0.3) is 0 Å². The Morgan fingerprint density at radius 3 is 1.70 bits per heavy atom. The first-order chi connectivity index (χ1) is 14.3. The summed E-state index contributed by atoms with van der Waals surface area (Å²) in [6.07, 6.45) is 0. The highest BCUT2D eigenvalue weighted by Crippen LogP contribution is 2.29. The molecule has 0 unspecified atom stereocenters. The van der Waals surface area contributed by atoms with Crippen molar-refractivity contribution in [3.8, 4) is 0 Å². The molecule has 154 valence electrons. The molecule has 30 heavy (non-hydrogen) atoms. The van der Waals surface area contributed by atoms with Gasteiger partial charge in [0.2, 0.25) is 0 Å². The van der Waals surface area contributed by atoms with Gasteiger partial charge in [-0.25, -0.2) is 0 Å². The van der Waals surface area contributed by atoms with Crippen LogP contribution in [0.2, 0.25) is 0 Å². The highest BCUT2D eigenvalue weighted by Gasteiger charge is 2.25. The number of nitrogens with zero attached hydrogens (tertiary/aromatic N) is 1. The minimum Gasteiger partial charge on any atom is -0.326 e. The minimum absolute atomic E-state index is 0.152. The zero-order valence-electron chi connectivity index (χ0n) is 17.8. The van der Waals surface area contributed by atoms with E-state index in [1.165, 1.54) is 0 Å². The van der Waals surface area contributed by atoms with Crippen molar-refractivity contribution >= 4 is 17.5 Å². The summed E-state index contributed by atoms with van der Waals surface area (Å²) >= 11 is 0. The van der Waals surface area contributed by atoms with Gasteiger partial charge in [-0.15, -0.1) is 0 Å². The second kappa shape index (κ2) is 9.40. The van der Waals surface area contributed by atoms with E-state index in [1.807, 2.05) is 84.9 Å². The van der Waals surface area contributed by atoms with E-state index < -0.39 is 11.8 Å². The number of nitrogens with one attached hydrogen (secondary N) is 1. The number of benzene rings is 3. The van der Waals surface area contributed by atoms with Crippen LogP contribution in [-0.2, 0) is 28.1 Å². The summed E-state index contributed by atoms with van der Waals surface area (Å²) in [5.74, 6) is -1.18. The molecule has 0 saturated carbocycles. The molecule has 4 heteroatoms. The first-order valence-corrected chi connectivity index (χ1v) is 10.1. The minimum atomic E-state index is -0.626. The van der Waals surface area contributed by atoms with Gasteiger partial charge in [0.1, 0.15) is 0 Å². The normalized spacial score (nSPS) is 11.0. The molecule has 3 rings (SSSR count). The monoisotopic (exact) mass is 400 g/mol. The maximum Gasteiger partial charge on any atom is 0.313 e. The Hall–Kier alpha value is -3.40. The summed E-state index contributed by atoms with van der Waals surface area (Å²) < 4.78 is 0. The Labute approximate surface area is 178 Å². The molecule has 3 aromatic rings. The smallest absolute Gasteiger partial charge is 0.313 e. The first kappa shape index (κ1) is 21.3. The van der Waals surface area contributed by atoms with E-state index in [0.717, 1.165) is 16.7 Å². The molecule has 1 N–H and O–H groups in total. The second-order valence-electron chi connectivity index (χ2n) is 8.38. The summed E-state index contributed by atoms with van der Waals surface area (Å²) in [5, 5.41) is 2.84. The molecule has 3 aromatic carbocycles. The third-order valence-corrected chi connectivity index (χ3v) is 4.90. The molecule has 0 bridgehead atoms. The van der Waals surface area contributed by atoms with Crippen LogP contribution in [0.5, 0.6) is 0 Å². The largest absolute Gasteiger partial charge is 0.326 e. The second-order valence-corrected chi connectivity index (χ2v) is 8.38. The lowest BCUT2D eigenvalue weighted by molar-refractivity contribution is -0.144. The van der Waals surface area contributed by atoms with Crippen LogP contribution in [0.4, 0.5) is 5.69 Å². The molecule has 0 aromatic heterocycles. The Balaban J connectivity index is 1.82. The Morgan fingerprint density at radius 2 is 1.20 bits per heavy atom. The molecule has 0 spiro atoms. The fourth-order valence-electron chi connectivity index (χ4n) is 3.37. The number of hydrogen-bond acceptors (Lipinski definition) is 2. The van der Waals surface area contributed by atoms with Gasteiger partial charge in [0, 0.05) is 18.8 Å². The number of carbonyl (C=O) groups is 2. The van der Waals surface area contributed by atoms with Gasteiger partial charge in [-0.3, -0.25) is 9.59 Å². The fraction of sp³-hybridized carbons (Fsp3) is 0.231. The van der Waals surface area contributed by atoms with Crippen molar-refractivity contribution in [1.82, 2.24) is 4.90 Å². The van der Waals surface area contributed by atoms with E-state index >= 15 is 0 Å². The van der Waals surface area contributed by atoms with E-state index in [9.17, 15) is 9.59 Å². The Kier molecular flexibility index (Phi) is 6.68. The van der Waals surface area contributed by atoms with Crippen LogP contribution in [0.25, 0.3) is 0 Å². The molecular weight excluding hydrogens is 372 g/mol. The molecule has 0 atom stereocenters. The average molecular weight is 401 g/mol. The van der Waals surface area contributed by atoms with Gasteiger partial charge >= 0.3 is 11.8 Å². The van der Waals surface area contributed by atoms with Gasteiger partial charge in [0.15, 0.2) is 0 Å². The van der Waals surface area contributed by atoms with Crippen LogP contribution < -0.4 is 5.32 Å². The third-order valence-electron chi connectivity index (χ3n) is 4.90. The lowest BCUT2D eigenvalue weighted by Crippen LogP contribution is -2.39. The van der Waals surface area contributed by atoms with Crippen LogP contribution in [0, 0.1) is 0 Å². The SMILES string of the molecule is CC(C)(C)c1ccccc1NC(=O)C(=O)N(Cc1ccccc1)Cc1ccccc1. The molecule has 0 aliphatic carbocycles. The van der Waals surface area contributed by atoms with Crippen molar-refractivity contribution in [2.45, 2.75) is 39.3 Å². The van der Waals surface area contributed by atoms with Crippen molar-refractivity contribution in [2.75, 3.05) is 5.32 Å². The highest BCUT2D eigenvalue weighted by atomic mass is 16.2. The Bertz CT molecular complexity index is 951. The van der Waals surface area contributed by atoms with Crippen LogP contribution in [0.1, 0.15) is 37.5 Å². The number of carbonyl (C=O) groups excluding carboxylic acids is 2. The maximum atomic E-state index is 13.1. The average Bonchev–Trinajstić information content (AvgIpc) is 2.74. The quantitative estimate of drug-likeness (QED) is 0.602. The predicted octanol–water partition coefficient (Wildman–Crippen LogP) is 5.15. The number of hydrogen-bond donors (Lipinski definition) is 1. The number of rotatable bonds is 5. The van der Waals surface area contributed by atoms with Gasteiger partial charge < -0.3 is 10.2 Å². The molecule has 0 fully saturated rings. The third kappa shape index (κ3) is 5.57. The summed E-state index contributed by atoms with van der Waals surface area (Å²) in [4.78, 5) is 27.6. The summed E-state index contributed by atoms with van der Waals surface area (Å²) in [6.45, 7) is 6.97. The fourth-order valence-corrected chi connectivity index (χ4v) is 3.37. The van der Waals surface area contributed by atoms with Crippen molar-refractivity contribution in [2.24, 2.45) is 0 Å².